The van der Waals surface area contributed by atoms with Crippen LogP contribution >= 0.6 is 10.5 Å². The number of hydrogen-bond donors (Lipinski definition) is 0. The van der Waals surface area contributed by atoms with Crippen LogP contribution in [-0.4, -0.2) is 11.6 Å². The molecular formula is C13H18S. The molecule has 1 aromatic rings. The third-order valence-corrected chi connectivity index (χ3v) is 3.32. The van der Waals surface area contributed by atoms with Crippen LogP contribution in [0.25, 0.3) is 0 Å². The fraction of sp³-hybridized carbons (Fsp3) is 0.308. The standard InChI is InChI=1S/C13H18S/c1-12(2)9-10-14(3)11-13-7-5-4-6-8-13/h4-9H,3,10-11H2,1-2H3. The van der Waals surface area contributed by atoms with E-state index in [2.05, 4.69) is 56.1 Å². The highest BCUT2D eigenvalue weighted by Crippen LogP contribution is 2.18. The van der Waals surface area contributed by atoms with Gasteiger partial charge in [0.15, 0.2) is 0 Å². The van der Waals surface area contributed by atoms with E-state index in [0.29, 0.717) is 0 Å². The van der Waals surface area contributed by atoms with Gasteiger partial charge in [0.05, 0.1) is 0 Å². The first-order chi connectivity index (χ1) is 6.68. The van der Waals surface area contributed by atoms with Crippen LogP contribution in [0.2, 0.25) is 0 Å². The van der Waals surface area contributed by atoms with E-state index < -0.39 is 0 Å². The molecule has 1 atom stereocenters. The van der Waals surface area contributed by atoms with Gasteiger partial charge in [-0.3, -0.25) is 0 Å². The molecule has 0 aliphatic heterocycles. The SMILES string of the molecule is C=S(CC=C(C)C)Cc1ccccc1. The second-order valence-electron chi connectivity index (χ2n) is 3.69. The molecule has 0 bridgehead atoms. The van der Waals surface area contributed by atoms with Gasteiger partial charge in [0.2, 0.25) is 0 Å². The molecule has 0 aliphatic rings. The molecule has 0 saturated heterocycles. The lowest BCUT2D eigenvalue weighted by Gasteiger charge is -2.04. The average molecular weight is 206 g/mol. The van der Waals surface area contributed by atoms with Gasteiger partial charge in [-0.15, -0.1) is 0 Å². The maximum absolute atomic E-state index is 4.19. The summed E-state index contributed by atoms with van der Waals surface area (Å²) in [6.07, 6.45) is 2.28. The molecule has 0 radical (unpaired) electrons. The van der Waals surface area contributed by atoms with Gasteiger partial charge in [-0.25, -0.2) is 0 Å². The van der Waals surface area contributed by atoms with Crippen LogP contribution in [0.15, 0.2) is 42.0 Å². The maximum atomic E-state index is 4.19. The molecule has 1 rings (SSSR count). The van der Waals surface area contributed by atoms with Crippen molar-refractivity contribution in [2.45, 2.75) is 19.6 Å². The quantitative estimate of drug-likeness (QED) is 0.518. The fourth-order valence-corrected chi connectivity index (χ4v) is 2.50. The summed E-state index contributed by atoms with van der Waals surface area (Å²) in [5.41, 5.74) is 2.78. The van der Waals surface area contributed by atoms with Crippen molar-refractivity contribution in [2.24, 2.45) is 0 Å². The Morgan fingerprint density at radius 1 is 1.29 bits per heavy atom. The van der Waals surface area contributed by atoms with Crippen molar-refractivity contribution in [3.05, 3.63) is 47.5 Å². The summed E-state index contributed by atoms with van der Waals surface area (Å²) >= 11 is 0. The first kappa shape index (κ1) is 11.3. The van der Waals surface area contributed by atoms with Crippen LogP contribution in [0, 0.1) is 0 Å². The molecule has 0 saturated carbocycles. The Kier molecular flexibility index (Phi) is 4.68. The third-order valence-electron chi connectivity index (χ3n) is 1.94. The van der Waals surface area contributed by atoms with Crippen LogP contribution in [0.5, 0.6) is 0 Å². The van der Waals surface area contributed by atoms with Gasteiger partial charge in [0, 0.05) is 11.5 Å². The van der Waals surface area contributed by atoms with Crippen LogP contribution in [0.1, 0.15) is 19.4 Å². The summed E-state index contributed by atoms with van der Waals surface area (Å²) in [4.78, 5) is 0. The van der Waals surface area contributed by atoms with Crippen LogP contribution in [0.3, 0.4) is 0 Å². The van der Waals surface area contributed by atoms with Gasteiger partial charge in [0.25, 0.3) is 0 Å². The highest BCUT2D eigenvalue weighted by Gasteiger charge is 1.93. The molecule has 76 valence electrons. The zero-order valence-corrected chi connectivity index (χ0v) is 9.81. The van der Waals surface area contributed by atoms with Crippen molar-refractivity contribution in [3.8, 4) is 0 Å². The second-order valence-corrected chi connectivity index (χ2v) is 5.54. The molecule has 1 heteroatoms. The number of rotatable bonds is 4. The summed E-state index contributed by atoms with van der Waals surface area (Å²) in [6, 6.07) is 10.6. The van der Waals surface area contributed by atoms with Gasteiger partial charge in [-0.05, 0) is 19.4 Å². The van der Waals surface area contributed by atoms with E-state index in [1.165, 1.54) is 11.1 Å². The van der Waals surface area contributed by atoms with E-state index in [1.807, 2.05) is 0 Å². The molecule has 0 spiro atoms. The Hall–Kier alpha value is -0.820. The molecule has 0 aromatic heterocycles. The molecule has 0 amide bonds. The Morgan fingerprint density at radius 3 is 2.50 bits per heavy atom. The third kappa shape index (κ3) is 4.43. The Morgan fingerprint density at radius 2 is 1.93 bits per heavy atom. The zero-order chi connectivity index (χ0) is 10.4. The molecule has 1 aromatic carbocycles. The van der Waals surface area contributed by atoms with E-state index >= 15 is 0 Å². The molecule has 0 heterocycles. The van der Waals surface area contributed by atoms with E-state index in [-0.39, 0.29) is 10.5 Å². The van der Waals surface area contributed by atoms with Crippen molar-refractivity contribution in [1.29, 1.82) is 0 Å². The average Bonchev–Trinajstić information content (AvgIpc) is 2.16. The minimum atomic E-state index is 0.232. The second kappa shape index (κ2) is 5.82. The Balaban J connectivity index is 2.46. The summed E-state index contributed by atoms with van der Waals surface area (Å²) in [7, 11) is 0.232. The van der Waals surface area contributed by atoms with Gasteiger partial charge in [-0.1, -0.05) is 47.9 Å². The smallest absolute Gasteiger partial charge is 0.0132 e. The van der Waals surface area contributed by atoms with E-state index in [0.717, 1.165) is 11.5 Å². The minimum absolute atomic E-state index is 0.232. The van der Waals surface area contributed by atoms with Crippen LogP contribution in [0.4, 0.5) is 0 Å². The normalized spacial score (nSPS) is 12.1. The topological polar surface area (TPSA) is 0 Å². The summed E-state index contributed by atoms with van der Waals surface area (Å²) < 4.78 is 0. The number of hydrogen-bond acceptors (Lipinski definition) is 0. The first-order valence-corrected chi connectivity index (χ1v) is 6.56. The van der Waals surface area contributed by atoms with Gasteiger partial charge < -0.3 is 0 Å². The summed E-state index contributed by atoms with van der Waals surface area (Å²) in [6.45, 7) is 4.28. The predicted octanol–water partition coefficient (Wildman–Crippen LogP) is 3.85. The molecule has 0 fully saturated rings. The fourth-order valence-electron chi connectivity index (χ4n) is 1.15. The maximum Gasteiger partial charge on any atom is 0.0132 e. The first-order valence-electron chi connectivity index (χ1n) is 4.83. The van der Waals surface area contributed by atoms with E-state index in [4.69, 9.17) is 0 Å². The molecule has 1 unspecified atom stereocenters. The van der Waals surface area contributed by atoms with E-state index in [9.17, 15) is 0 Å². The van der Waals surface area contributed by atoms with Gasteiger partial charge >= 0.3 is 0 Å². The van der Waals surface area contributed by atoms with Gasteiger partial charge in [0.1, 0.15) is 0 Å². The lowest BCUT2D eigenvalue weighted by atomic mass is 10.2. The van der Waals surface area contributed by atoms with Crippen molar-refractivity contribution in [2.75, 3.05) is 5.75 Å². The monoisotopic (exact) mass is 206 g/mol. The minimum Gasteiger partial charge on any atom is -0.185 e. The van der Waals surface area contributed by atoms with E-state index in [1.54, 1.807) is 0 Å². The molecule has 0 nitrogen and oxygen atoms in total. The lowest BCUT2D eigenvalue weighted by molar-refractivity contribution is 1.36. The molecule has 14 heavy (non-hydrogen) atoms. The number of allylic oxidation sites excluding steroid dienone is 1. The van der Waals surface area contributed by atoms with Crippen molar-refractivity contribution in [3.63, 3.8) is 0 Å². The summed E-state index contributed by atoms with van der Waals surface area (Å²) in [5, 5.41) is 0. The largest absolute Gasteiger partial charge is 0.185 e. The Bertz CT molecular complexity index is 318. The van der Waals surface area contributed by atoms with Crippen molar-refractivity contribution >= 4 is 16.4 Å². The highest BCUT2D eigenvalue weighted by atomic mass is 32.2. The van der Waals surface area contributed by atoms with Crippen LogP contribution in [-0.2, 0) is 5.75 Å². The lowest BCUT2D eigenvalue weighted by Crippen LogP contribution is -1.84. The molecular weight excluding hydrogens is 188 g/mol. The highest BCUT2D eigenvalue weighted by molar-refractivity contribution is 8.13. The predicted molar refractivity (Wildman–Crippen MR) is 69.2 cm³/mol. The molecule has 0 aliphatic carbocycles. The Labute approximate surface area is 89.6 Å². The van der Waals surface area contributed by atoms with Crippen LogP contribution < -0.4 is 0 Å². The summed E-state index contributed by atoms with van der Waals surface area (Å²) in [5.74, 6) is 6.40. The molecule has 0 N–H and O–H groups in total. The number of benzene rings is 1. The van der Waals surface area contributed by atoms with Crippen molar-refractivity contribution < 1.29 is 0 Å². The zero-order valence-electron chi connectivity index (χ0n) is 8.99. The van der Waals surface area contributed by atoms with Gasteiger partial charge in [-0.2, -0.15) is 10.5 Å². The van der Waals surface area contributed by atoms with Crippen molar-refractivity contribution in [1.82, 2.24) is 0 Å².